The van der Waals surface area contributed by atoms with E-state index in [1.165, 1.54) is 24.4 Å². The highest BCUT2D eigenvalue weighted by atomic mass is 19.4. The van der Waals surface area contributed by atoms with Crippen LogP contribution in [-0.2, 0) is 4.74 Å². The number of carbonyl (C=O) groups excluding carboxylic acids is 1. The minimum absolute atomic E-state index is 0.127. The highest BCUT2D eigenvalue weighted by Crippen LogP contribution is 2.24. The van der Waals surface area contributed by atoms with Crippen molar-refractivity contribution < 1.29 is 27.6 Å². The minimum atomic E-state index is -4.50. The smallest absolute Gasteiger partial charge is 0.364 e. The molecule has 0 bridgehead atoms. The van der Waals surface area contributed by atoms with Crippen molar-refractivity contribution >= 4 is 22.4 Å². The number of non-ortho nitro benzene ring substituents is 1. The molecule has 1 N–H and O–H groups in total. The largest absolute Gasteiger partial charge is 0.411 e. The van der Waals surface area contributed by atoms with Gasteiger partial charge in [0.05, 0.1) is 10.4 Å². The lowest BCUT2D eigenvalue weighted by atomic mass is 10.1. The predicted octanol–water partition coefficient (Wildman–Crippen LogP) is 2.84. The van der Waals surface area contributed by atoms with E-state index < -0.39 is 30.1 Å². The molecule has 0 radical (unpaired) electrons. The summed E-state index contributed by atoms with van der Waals surface area (Å²) in [6.45, 7) is -2.23. The van der Waals surface area contributed by atoms with E-state index in [2.05, 4.69) is 9.72 Å². The average Bonchev–Trinajstić information content (AvgIpc) is 2.79. The van der Waals surface area contributed by atoms with Gasteiger partial charge in [-0.2, -0.15) is 13.2 Å². The van der Waals surface area contributed by atoms with E-state index in [0.29, 0.717) is 10.9 Å². The molecular weight excluding hydrogens is 293 g/mol. The molecule has 0 aliphatic heterocycles. The molecule has 112 valence electrons. The first-order valence-corrected chi connectivity index (χ1v) is 5.71. The van der Waals surface area contributed by atoms with E-state index in [0.717, 1.165) is 0 Å². The molecule has 0 saturated carbocycles. The maximum Gasteiger partial charge on any atom is 0.411 e. The number of aromatic nitrogens is 1. The van der Waals surface area contributed by atoms with Crippen molar-refractivity contribution in [3.63, 3.8) is 0 Å². The van der Waals surface area contributed by atoms with E-state index in [4.69, 9.17) is 0 Å². The highest BCUT2D eigenvalue weighted by molar-refractivity contribution is 6.08. The van der Waals surface area contributed by atoms with Gasteiger partial charge in [0.15, 0.2) is 5.78 Å². The Hall–Kier alpha value is -2.42. The number of carbonyl (C=O) groups is 1. The number of hydrogen-bond acceptors (Lipinski definition) is 4. The van der Waals surface area contributed by atoms with E-state index in [1.807, 2.05) is 0 Å². The number of H-pyrrole nitrogens is 1. The molecule has 0 atom stereocenters. The summed E-state index contributed by atoms with van der Waals surface area (Å²) in [6, 6.07) is 3.81. The van der Waals surface area contributed by atoms with Gasteiger partial charge in [-0.1, -0.05) is 0 Å². The minimum Gasteiger partial charge on any atom is -0.364 e. The van der Waals surface area contributed by atoms with Crippen LogP contribution in [0.5, 0.6) is 0 Å². The Balaban J connectivity index is 2.15. The van der Waals surface area contributed by atoms with Gasteiger partial charge in [0.25, 0.3) is 5.69 Å². The Morgan fingerprint density at radius 2 is 2.10 bits per heavy atom. The Bertz CT molecular complexity index is 693. The number of halogens is 3. The van der Waals surface area contributed by atoms with Crippen LogP contribution in [0, 0.1) is 10.1 Å². The van der Waals surface area contributed by atoms with Crippen molar-refractivity contribution in [1.82, 2.24) is 4.98 Å². The van der Waals surface area contributed by atoms with E-state index in [-0.39, 0.29) is 11.3 Å². The van der Waals surface area contributed by atoms with Gasteiger partial charge in [0.1, 0.15) is 13.2 Å². The van der Waals surface area contributed by atoms with Gasteiger partial charge in [-0.05, 0) is 6.07 Å². The first kappa shape index (κ1) is 15.0. The fraction of sp³-hybridized carbons (Fsp3) is 0.250. The zero-order valence-corrected chi connectivity index (χ0v) is 10.4. The third-order valence-corrected chi connectivity index (χ3v) is 2.68. The van der Waals surface area contributed by atoms with Crippen molar-refractivity contribution in [2.24, 2.45) is 0 Å². The van der Waals surface area contributed by atoms with Gasteiger partial charge in [0.2, 0.25) is 0 Å². The lowest BCUT2D eigenvalue weighted by Crippen LogP contribution is -2.20. The van der Waals surface area contributed by atoms with Crippen LogP contribution in [0.2, 0.25) is 0 Å². The second-order valence-corrected chi connectivity index (χ2v) is 4.22. The normalized spacial score (nSPS) is 11.8. The third-order valence-electron chi connectivity index (χ3n) is 2.68. The standard InChI is InChI=1S/C12H9F3N2O4/c13-12(14,15)6-21-5-11(18)9-4-16-10-3-7(17(19)20)1-2-8(9)10/h1-4,16H,5-6H2. The predicted molar refractivity (Wildman–Crippen MR) is 66.2 cm³/mol. The van der Waals surface area contributed by atoms with Gasteiger partial charge in [-0.3, -0.25) is 14.9 Å². The second-order valence-electron chi connectivity index (χ2n) is 4.22. The highest BCUT2D eigenvalue weighted by Gasteiger charge is 2.28. The number of Topliss-reactive ketones (excluding diaryl/α,β-unsaturated/α-hetero) is 1. The van der Waals surface area contributed by atoms with Crippen LogP contribution in [0.15, 0.2) is 24.4 Å². The summed E-state index contributed by atoms with van der Waals surface area (Å²) in [5.41, 5.74) is 0.321. The van der Waals surface area contributed by atoms with E-state index >= 15 is 0 Å². The monoisotopic (exact) mass is 302 g/mol. The van der Waals surface area contributed by atoms with Gasteiger partial charge in [0, 0.05) is 29.3 Å². The van der Waals surface area contributed by atoms with Crippen molar-refractivity contribution in [3.05, 3.63) is 40.1 Å². The second kappa shape index (κ2) is 5.52. The number of alkyl halides is 3. The topological polar surface area (TPSA) is 85.2 Å². The molecule has 1 aromatic carbocycles. The van der Waals surface area contributed by atoms with Crippen LogP contribution in [0.3, 0.4) is 0 Å². The van der Waals surface area contributed by atoms with Crippen molar-refractivity contribution in [2.45, 2.75) is 6.18 Å². The van der Waals surface area contributed by atoms with Crippen LogP contribution in [-0.4, -0.2) is 35.1 Å². The molecule has 0 fully saturated rings. The van der Waals surface area contributed by atoms with Crippen molar-refractivity contribution in [1.29, 1.82) is 0 Å². The summed E-state index contributed by atoms with van der Waals surface area (Å²) in [4.78, 5) is 24.5. The number of nitro groups is 1. The maximum atomic E-state index is 11.9. The number of ether oxygens (including phenoxy) is 1. The zero-order valence-electron chi connectivity index (χ0n) is 10.4. The average molecular weight is 302 g/mol. The molecule has 0 saturated heterocycles. The molecule has 0 spiro atoms. The summed E-state index contributed by atoms with van der Waals surface area (Å²) < 4.78 is 40.0. The molecule has 1 aromatic heterocycles. The maximum absolute atomic E-state index is 11.9. The van der Waals surface area contributed by atoms with Crippen LogP contribution in [0.1, 0.15) is 10.4 Å². The number of rotatable bonds is 5. The number of benzene rings is 1. The Morgan fingerprint density at radius 1 is 1.38 bits per heavy atom. The fourth-order valence-corrected chi connectivity index (χ4v) is 1.80. The number of ketones is 1. The van der Waals surface area contributed by atoms with Crippen LogP contribution in [0.25, 0.3) is 10.9 Å². The quantitative estimate of drug-likeness (QED) is 0.523. The SMILES string of the molecule is O=C(COCC(F)(F)F)c1c[nH]c2cc([N+](=O)[O-])ccc12. The number of fused-ring (bicyclic) bond motifs is 1. The molecule has 0 unspecified atom stereocenters. The molecule has 9 heteroatoms. The van der Waals surface area contributed by atoms with Crippen LogP contribution < -0.4 is 0 Å². The lowest BCUT2D eigenvalue weighted by molar-refractivity contribution is -0.384. The number of nitrogens with one attached hydrogen (secondary N) is 1. The molecule has 2 aromatic rings. The molecule has 0 aliphatic carbocycles. The number of aromatic amines is 1. The summed E-state index contributed by atoms with van der Waals surface area (Å²) >= 11 is 0. The van der Waals surface area contributed by atoms with E-state index in [9.17, 15) is 28.1 Å². The molecule has 1 heterocycles. The molecule has 6 nitrogen and oxygen atoms in total. The first-order chi connectivity index (χ1) is 9.78. The first-order valence-electron chi connectivity index (χ1n) is 5.71. The lowest BCUT2D eigenvalue weighted by Gasteiger charge is -2.06. The number of nitrogens with zero attached hydrogens (tertiary/aromatic N) is 1. The van der Waals surface area contributed by atoms with Gasteiger partial charge < -0.3 is 9.72 Å². The Labute approximate surface area is 115 Å². The fourth-order valence-electron chi connectivity index (χ4n) is 1.80. The molecular formula is C12H9F3N2O4. The Kier molecular flexibility index (Phi) is 3.94. The third kappa shape index (κ3) is 3.57. The molecule has 0 aliphatic rings. The van der Waals surface area contributed by atoms with Gasteiger partial charge in [-0.15, -0.1) is 0 Å². The Morgan fingerprint density at radius 3 is 2.71 bits per heavy atom. The molecule has 0 amide bonds. The van der Waals surface area contributed by atoms with Gasteiger partial charge in [-0.25, -0.2) is 0 Å². The summed E-state index contributed by atoms with van der Waals surface area (Å²) in [7, 11) is 0. The zero-order chi connectivity index (χ0) is 15.6. The summed E-state index contributed by atoms with van der Waals surface area (Å²) in [5.74, 6) is -0.639. The van der Waals surface area contributed by atoms with E-state index in [1.54, 1.807) is 0 Å². The number of hydrogen-bond donors (Lipinski definition) is 1. The van der Waals surface area contributed by atoms with Gasteiger partial charge >= 0.3 is 6.18 Å². The summed E-state index contributed by atoms with van der Waals surface area (Å²) in [5, 5.41) is 11.0. The van der Waals surface area contributed by atoms with Crippen molar-refractivity contribution in [3.8, 4) is 0 Å². The number of nitro benzene ring substituents is 1. The van der Waals surface area contributed by atoms with Crippen LogP contribution >= 0.6 is 0 Å². The molecule has 21 heavy (non-hydrogen) atoms. The summed E-state index contributed by atoms with van der Waals surface area (Å²) in [6.07, 6.45) is -3.21. The van der Waals surface area contributed by atoms with Crippen molar-refractivity contribution in [2.75, 3.05) is 13.2 Å². The molecule has 2 rings (SSSR count). The van der Waals surface area contributed by atoms with Crippen LogP contribution in [0.4, 0.5) is 18.9 Å².